The van der Waals surface area contributed by atoms with E-state index >= 15 is 0 Å². The molecule has 0 atom stereocenters. The monoisotopic (exact) mass is 449 g/mol. The van der Waals surface area contributed by atoms with Crippen LogP contribution in [0.5, 0.6) is 5.75 Å². The average Bonchev–Trinajstić information content (AvgIpc) is 2.57. The minimum absolute atomic E-state index is 0.0548. The standard InChI is InChI=1S/C16H12F9N3O2/c1-7-4-8(14(17,18)19)5-10(29)12(7)9-2-3-11(28-27-9)26-6-13(30,15(20,21)22)16(23,24)25/h2-5,29-30H,6H2,1H3,(H,26,28). The Hall–Kier alpha value is -2.77. The number of rotatable bonds is 4. The molecular weight excluding hydrogens is 437 g/mol. The Morgan fingerprint density at radius 3 is 1.87 bits per heavy atom. The van der Waals surface area contributed by atoms with Crippen LogP contribution in [0, 0.1) is 6.92 Å². The third-order valence-electron chi connectivity index (χ3n) is 4.03. The molecule has 0 saturated carbocycles. The quantitative estimate of drug-likeness (QED) is 0.602. The molecule has 0 fully saturated rings. The van der Waals surface area contributed by atoms with Crippen LogP contribution in [0.2, 0.25) is 0 Å². The molecule has 0 amide bonds. The van der Waals surface area contributed by atoms with Gasteiger partial charge < -0.3 is 15.5 Å². The first-order chi connectivity index (χ1) is 13.5. The molecule has 0 bridgehead atoms. The second kappa shape index (κ2) is 7.49. The molecule has 0 aliphatic carbocycles. The molecule has 1 aromatic carbocycles. The molecule has 14 heteroatoms. The van der Waals surface area contributed by atoms with Crippen molar-refractivity contribution >= 4 is 5.82 Å². The van der Waals surface area contributed by atoms with Crippen molar-refractivity contribution in [1.82, 2.24) is 10.2 Å². The van der Waals surface area contributed by atoms with Crippen molar-refractivity contribution in [2.75, 3.05) is 11.9 Å². The lowest BCUT2D eigenvalue weighted by atomic mass is 10.0. The topological polar surface area (TPSA) is 78.3 Å². The number of aliphatic hydroxyl groups is 1. The van der Waals surface area contributed by atoms with Crippen LogP contribution in [0.3, 0.4) is 0 Å². The summed E-state index contributed by atoms with van der Waals surface area (Å²) in [4.78, 5) is 0. The van der Waals surface area contributed by atoms with Gasteiger partial charge in [0.2, 0.25) is 0 Å². The second-order valence-electron chi connectivity index (χ2n) is 6.20. The molecule has 3 N–H and O–H groups in total. The zero-order valence-electron chi connectivity index (χ0n) is 14.7. The van der Waals surface area contributed by atoms with Crippen LogP contribution in [0.1, 0.15) is 11.1 Å². The number of anilines is 1. The molecule has 0 aliphatic heterocycles. The van der Waals surface area contributed by atoms with Gasteiger partial charge in [-0.1, -0.05) is 0 Å². The van der Waals surface area contributed by atoms with Crippen molar-refractivity contribution in [1.29, 1.82) is 0 Å². The van der Waals surface area contributed by atoms with E-state index in [1.165, 1.54) is 6.92 Å². The summed E-state index contributed by atoms with van der Waals surface area (Å²) in [6.45, 7) is -0.788. The maximum Gasteiger partial charge on any atom is 0.428 e. The summed E-state index contributed by atoms with van der Waals surface area (Å²) < 4.78 is 114. The SMILES string of the molecule is Cc1cc(C(F)(F)F)cc(O)c1-c1ccc(NCC(O)(C(F)(F)F)C(F)(F)F)nn1. The Labute approximate surface area is 162 Å². The van der Waals surface area contributed by atoms with E-state index in [0.717, 1.165) is 18.2 Å². The highest BCUT2D eigenvalue weighted by atomic mass is 19.4. The average molecular weight is 449 g/mol. The van der Waals surface area contributed by atoms with Crippen LogP contribution in [-0.4, -0.2) is 44.9 Å². The lowest BCUT2D eigenvalue weighted by Crippen LogP contribution is -2.61. The number of aromatic hydroxyl groups is 1. The molecule has 1 aromatic heterocycles. The summed E-state index contributed by atoms with van der Waals surface area (Å²) in [5.41, 5.74) is -6.59. The van der Waals surface area contributed by atoms with Gasteiger partial charge in [0.1, 0.15) is 11.6 Å². The van der Waals surface area contributed by atoms with Crippen molar-refractivity contribution in [3.63, 3.8) is 0 Å². The molecule has 2 rings (SSSR count). The van der Waals surface area contributed by atoms with Crippen molar-refractivity contribution in [3.8, 4) is 17.0 Å². The molecule has 30 heavy (non-hydrogen) atoms. The number of hydrogen-bond acceptors (Lipinski definition) is 5. The smallest absolute Gasteiger partial charge is 0.428 e. The summed E-state index contributed by atoms with van der Waals surface area (Å²) >= 11 is 0. The van der Waals surface area contributed by atoms with Gasteiger partial charge in [-0.3, -0.25) is 0 Å². The number of aryl methyl sites for hydroxylation is 1. The third kappa shape index (κ3) is 4.52. The van der Waals surface area contributed by atoms with E-state index in [9.17, 15) is 44.6 Å². The van der Waals surface area contributed by atoms with Gasteiger partial charge in [0.25, 0.3) is 5.60 Å². The first kappa shape index (κ1) is 23.5. The number of halogens is 9. The normalized spacial score (nSPS) is 13.4. The minimum atomic E-state index is -6.03. The number of aromatic nitrogens is 2. The predicted octanol–water partition coefficient (Wildman–Crippen LogP) is 4.44. The Morgan fingerprint density at radius 2 is 1.47 bits per heavy atom. The molecule has 0 radical (unpaired) electrons. The number of phenolic OH excluding ortho intramolecular Hbond substituents is 1. The zero-order valence-corrected chi connectivity index (χ0v) is 14.7. The molecule has 0 unspecified atom stereocenters. The van der Waals surface area contributed by atoms with Crippen LogP contribution < -0.4 is 5.32 Å². The highest BCUT2D eigenvalue weighted by molar-refractivity contribution is 5.71. The van der Waals surface area contributed by atoms with E-state index in [0.29, 0.717) is 6.07 Å². The molecular formula is C16H12F9N3O2. The largest absolute Gasteiger partial charge is 0.507 e. The van der Waals surface area contributed by atoms with E-state index in [1.807, 2.05) is 0 Å². The first-order valence-corrected chi connectivity index (χ1v) is 7.82. The Bertz CT molecular complexity index is 869. The van der Waals surface area contributed by atoms with Gasteiger partial charge >= 0.3 is 18.5 Å². The third-order valence-corrected chi connectivity index (χ3v) is 4.03. The van der Waals surface area contributed by atoms with Crippen molar-refractivity contribution < 1.29 is 49.7 Å². The molecule has 1 heterocycles. The Balaban J connectivity index is 2.28. The van der Waals surface area contributed by atoms with Gasteiger partial charge in [-0.2, -0.15) is 39.5 Å². The predicted molar refractivity (Wildman–Crippen MR) is 84.4 cm³/mol. The fourth-order valence-corrected chi connectivity index (χ4v) is 2.40. The van der Waals surface area contributed by atoms with Gasteiger partial charge in [0.05, 0.1) is 17.8 Å². The van der Waals surface area contributed by atoms with E-state index in [4.69, 9.17) is 5.11 Å². The van der Waals surface area contributed by atoms with E-state index < -0.39 is 47.8 Å². The van der Waals surface area contributed by atoms with E-state index in [2.05, 4.69) is 10.2 Å². The number of nitrogens with zero attached hydrogens (tertiary/aromatic N) is 2. The maximum absolute atomic E-state index is 12.8. The van der Waals surface area contributed by atoms with Crippen LogP contribution in [0.4, 0.5) is 45.3 Å². The Morgan fingerprint density at radius 1 is 0.900 bits per heavy atom. The van der Waals surface area contributed by atoms with E-state index in [-0.39, 0.29) is 16.8 Å². The van der Waals surface area contributed by atoms with Gasteiger partial charge in [-0.05, 0) is 36.8 Å². The van der Waals surface area contributed by atoms with Crippen LogP contribution >= 0.6 is 0 Å². The highest BCUT2D eigenvalue weighted by Crippen LogP contribution is 2.43. The zero-order chi connectivity index (χ0) is 23.1. The van der Waals surface area contributed by atoms with Crippen LogP contribution in [0.25, 0.3) is 11.3 Å². The molecule has 166 valence electrons. The number of phenols is 1. The summed E-state index contributed by atoms with van der Waals surface area (Å²) in [6, 6.07) is 3.04. The second-order valence-corrected chi connectivity index (χ2v) is 6.20. The number of nitrogens with one attached hydrogen (secondary N) is 1. The molecule has 0 saturated heterocycles. The number of alkyl halides is 9. The molecule has 0 aliphatic rings. The van der Waals surface area contributed by atoms with E-state index in [1.54, 1.807) is 5.32 Å². The number of benzene rings is 1. The molecule has 2 aromatic rings. The van der Waals surface area contributed by atoms with Crippen molar-refractivity contribution in [3.05, 3.63) is 35.4 Å². The lowest BCUT2D eigenvalue weighted by molar-refractivity contribution is -0.362. The van der Waals surface area contributed by atoms with Crippen molar-refractivity contribution in [2.24, 2.45) is 0 Å². The fraction of sp³-hybridized carbons (Fsp3) is 0.375. The molecule has 5 nitrogen and oxygen atoms in total. The summed E-state index contributed by atoms with van der Waals surface area (Å²) in [5.74, 6) is -1.39. The van der Waals surface area contributed by atoms with Gasteiger partial charge in [0.15, 0.2) is 0 Å². The minimum Gasteiger partial charge on any atom is -0.507 e. The highest BCUT2D eigenvalue weighted by Gasteiger charge is 2.70. The van der Waals surface area contributed by atoms with Gasteiger partial charge in [0, 0.05) is 5.56 Å². The summed E-state index contributed by atoms with van der Waals surface area (Å²) in [6.07, 6.45) is -16.8. The molecule has 0 spiro atoms. The Kier molecular flexibility index (Phi) is 5.87. The summed E-state index contributed by atoms with van der Waals surface area (Å²) in [7, 11) is 0. The van der Waals surface area contributed by atoms with Gasteiger partial charge in [-0.15, -0.1) is 10.2 Å². The van der Waals surface area contributed by atoms with Crippen LogP contribution in [-0.2, 0) is 6.18 Å². The fourth-order valence-electron chi connectivity index (χ4n) is 2.40. The lowest BCUT2D eigenvalue weighted by Gasteiger charge is -2.32. The number of hydrogen-bond donors (Lipinski definition) is 3. The maximum atomic E-state index is 12.8. The van der Waals surface area contributed by atoms with Crippen LogP contribution in [0.15, 0.2) is 24.3 Å². The van der Waals surface area contributed by atoms with Crippen molar-refractivity contribution in [2.45, 2.75) is 31.1 Å². The summed E-state index contributed by atoms with van der Waals surface area (Å²) in [5, 5.41) is 27.4. The first-order valence-electron chi connectivity index (χ1n) is 7.82. The van der Waals surface area contributed by atoms with Gasteiger partial charge in [-0.25, -0.2) is 0 Å².